The van der Waals surface area contributed by atoms with Gasteiger partial charge in [-0.3, -0.25) is 4.79 Å². The minimum atomic E-state index is 0.182. The van der Waals surface area contributed by atoms with Crippen molar-refractivity contribution in [2.75, 3.05) is 11.9 Å². The van der Waals surface area contributed by atoms with E-state index in [1.807, 2.05) is 19.2 Å². The van der Waals surface area contributed by atoms with Gasteiger partial charge in [0.15, 0.2) is 0 Å². The summed E-state index contributed by atoms with van der Waals surface area (Å²) in [6.45, 7) is 0. The SMILES string of the molecule is CN(C(=O)CC1CCCCCC1)c1ccc(C#N)cc1. The van der Waals surface area contributed by atoms with Gasteiger partial charge in [-0.25, -0.2) is 0 Å². The van der Waals surface area contributed by atoms with Crippen LogP contribution in [0.3, 0.4) is 0 Å². The average molecular weight is 270 g/mol. The van der Waals surface area contributed by atoms with E-state index in [2.05, 4.69) is 6.07 Å². The molecule has 1 aliphatic carbocycles. The number of hydrogen-bond acceptors (Lipinski definition) is 2. The van der Waals surface area contributed by atoms with Gasteiger partial charge >= 0.3 is 0 Å². The lowest BCUT2D eigenvalue weighted by molar-refractivity contribution is -0.119. The first-order valence-electron chi connectivity index (χ1n) is 7.47. The van der Waals surface area contributed by atoms with Crippen molar-refractivity contribution < 1.29 is 4.79 Å². The Hall–Kier alpha value is -1.82. The molecule has 1 aromatic carbocycles. The highest BCUT2D eigenvalue weighted by Crippen LogP contribution is 2.26. The molecule has 1 aliphatic rings. The van der Waals surface area contributed by atoms with Crippen molar-refractivity contribution in [3.63, 3.8) is 0 Å². The van der Waals surface area contributed by atoms with Crippen molar-refractivity contribution in [2.24, 2.45) is 5.92 Å². The predicted octanol–water partition coefficient (Wildman–Crippen LogP) is 3.88. The normalized spacial score (nSPS) is 16.2. The zero-order valence-corrected chi connectivity index (χ0v) is 12.1. The molecule has 0 unspecified atom stereocenters. The van der Waals surface area contributed by atoms with Crippen LogP contribution in [0.1, 0.15) is 50.5 Å². The Balaban J connectivity index is 1.95. The Bertz CT molecular complexity index is 479. The standard InChI is InChI=1S/C17H22N2O/c1-19(16-10-8-15(13-18)9-11-16)17(20)12-14-6-4-2-3-5-7-14/h8-11,14H,2-7,12H2,1H3. The average Bonchev–Trinajstić information content (AvgIpc) is 2.75. The molecule has 3 nitrogen and oxygen atoms in total. The fourth-order valence-electron chi connectivity index (χ4n) is 2.86. The second-order valence-electron chi connectivity index (χ2n) is 5.67. The first kappa shape index (κ1) is 14.6. The van der Waals surface area contributed by atoms with Gasteiger partial charge in [-0.05, 0) is 43.0 Å². The van der Waals surface area contributed by atoms with E-state index in [-0.39, 0.29) is 5.91 Å². The summed E-state index contributed by atoms with van der Waals surface area (Å²) in [6.07, 6.45) is 8.18. The highest BCUT2D eigenvalue weighted by atomic mass is 16.2. The van der Waals surface area contributed by atoms with Crippen LogP contribution >= 0.6 is 0 Å². The molecule has 2 rings (SSSR count). The maximum Gasteiger partial charge on any atom is 0.226 e. The van der Waals surface area contributed by atoms with E-state index >= 15 is 0 Å². The number of rotatable bonds is 3. The van der Waals surface area contributed by atoms with E-state index < -0.39 is 0 Å². The Morgan fingerprint density at radius 2 is 1.80 bits per heavy atom. The van der Waals surface area contributed by atoms with Gasteiger partial charge in [0.05, 0.1) is 11.6 Å². The van der Waals surface area contributed by atoms with Crippen LogP contribution in [0.25, 0.3) is 0 Å². The molecule has 1 aromatic rings. The molecule has 3 heteroatoms. The smallest absolute Gasteiger partial charge is 0.226 e. The molecule has 0 aromatic heterocycles. The highest BCUT2D eigenvalue weighted by Gasteiger charge is 2.19. The Labute approximate surface area is 121 Å². The Morgan fingerprint density at radius 3 is 2.35 bits per heavy atom. The van der Waals surface area contributed by atoms with Gasteiger partial charge in [0.25, 0.3) is 0 Å². The van der Waals surface area contributed by atoms with Crippen LogP contribution in [0, 0.1) is 17.2 Å². The monoisotopic (exact) mass is 270 g/mol. The summed E-state index contributed by atoms with van der Waals surface area (Å²) in [6, 6.07) is 9.27. The van der Waals surface area contributed by atoms with E-state index in [1.165, 1.54) is 38.5 Å². The molecule has 20 heavy (non-hydrogen) atoms. The van der Waals surface area contributed by atoms with E-state index in [4.69, 9.17) is 5.26 Å². The van der Waals surface area contributed by atoms with Crippen molar-refractivity contribution in [3.05, 3.63) is 29.8 Å². The lowest BCUT2D eigenvalue weighted by atomic mass is 9.96. The minimum absolute atomic E-state index is 0.182. The predicted molar refractivity (Wildman–Crippen MR) is 80.4 cm³/mol. The van der Waals surface area contributed by atoms with Crippen molar-refractivity contribution in [1.29, 1.82) is 5.26 Å². The fraction of sp³-hybridized carbons (Fsp3) is 0.529. The summed E-state index contributed by atoms with van der Waals surface area (Å²) in [5, 5.41) is 8.79. The number of nitriles is 1. The third kappa shape index (κ3) is 3.84. The first-order valence-corrected chi connectivity index (χ1v) is 7.47. The molecule has 1 amide bonds. The second kappa shape index (κ2) is 7.09. The molecule has 0 aliphatic heterocycles. The zero-order valence-electron chi connectivity index (χ0n) is 12.1. The summed E-state index contributed by atoms with van der Waals surface area (Å²) in [5.41, 5.74) is 1.49. The number of carbonyl (C=O) groups is 1. The lowest BCUT2D eigenvalue weighted by Gasteiger charge is -2.21. The maximum atomic E-state index is 12.3. The van der Waals surface area contributed by atoms with Crippen molar-refractivity contribution in [2.45, 2.75) is 44.9 Å². The van der Waals surface area contributed by atoms with Crippen LogP contribution < -0.4 is 4.90 Å². The van der Waals surface area contributed by atoms with Crippen LogP contribution in [-0.4, -0.2) is 13.0 Å². The molecule has 1 saturated carbocycles. The van der Waals surface area contributed by atoms with Crippen molar-refractivity contribution in [1.82, 2.24) is 0 Å². The van der Waals surface area contributed by atoms with Crippen molar-refractivity contribution >= 4 is 11.6 Å². The van der Waals surface area contributed by atoms with Crippen LogP contribution in [0.15, 0.2) is 24.3 Å². The molecule has 1 fully saturated rings. The maximum absolute atomic E-state index is 12.3. The van der Waals surface area contributed by atoms with Crippen molar-refractivity contribution in [3.8, 4) is 6.07 Å². The van der Waals surface area contributed by atoms with E-state index in [0.29, 0.717) is 17.9 Å². The van der Waals surface area contributed by atoms with Gasteiger partial charge in [0.2, 0.25) is 5.91 Å². The molecule has 0 N–H and O–H groups in total. The van der Waals surface area contributed by atoms with Gasteiger partial charge in [0, 0.05) is 19.2 Å². The molecular weight excluding hydrogens is 248 g/mol. The quantitative estimate of drug-likeness (QED) is 0.782. The van der Waals surface area contributed by atoms with Gasteiger partial charge in [-0.15, -0.1) is 0 Å². The van der Waals surface area contributed by atoms with E-state index in [1.54, 1.807) is 17.0 Å². The van der Waals surface area contributed by atoms with Crippen LogP contribution in [0.5, 0.6) is 0 Å². The van der Waals surface area contributed by atoms with Gasteiger partial charge in [-0.2, -0.15) is 5.26 Å². The zero-order chi connectivity index (χ0) is 14.4. The summed E-state index contributed by atoms with van der Waals surface area (Å²) in [4.78, 5) is 14.1. The number of benzene rings is 1. The molecule has 0 spiro atoms. The molecule has 0 radical (unpaired) electrons. The fourth-order valence-corrected chi connectivity index (χ4v) is 2.86. The van der Waals surface area contributed by atoms with E-state index in [0.717, 1.165) is 5.69 Å². The number of carbonyl (C=O) groups excluding carboxylic acids is 1. The first-order chi connectivity index (χ1) is 9.70. The molecular formula is C17H22N2O. The van der Waals surface area contributed by atoms with Gasteiger partial charge in [0.1, 0.15) is 0 Å². The number of amides is 1. The van der Waals surface area contributed by atoms with Crippen LogP contribution in [0.2, 0.25) is 0 Å². The molecule has 0 heterocycles. The number of nitrogens with zero attached hydrogens (tertiary/aromatic N) is 2. The van der Waals surface area contributed by atoms with E-state index in [9.17, 15) is 4.79 Å². The highest BCUT2D eigenvalue weighted by molar-refractivity contribution is 5.92. The topological polar surface area (TPSA) is 44.1 Å². The third-order valence-corrected chi connectivity index (χ3v) is 4.20. The summed E-state index contributed by atoms with van der Waals surface area (Å²) >= 11 is 0. The number of anilines is 1. The summed E-state index contributed by atoms with van der Waals surface area (Å²) in [5.74, 6) is 0.729. The molecule has 0 bridgehead atoms. The van der Waals surface area contributed by atoms with Gasteiger partial charge < -0.3 is 4.90 Å². The second-order valence-corrected chi connectivity index (χ2v) is 5.67. The summed E-state index contributed by atoms with van der Waals surface area (Å²) in [7, 11) is 1.82. The Kier molecular flexibility index (Phi) is 5.17. The summed E-state index contributed by atoms with van der Waals surface area (Å²) < 4.78 is 0. The Morgan fingerprint density at radius 1 is 1.20 bits per heavy atom. The third-order valence-electron chi connectivity index (χ3n) is 4.20. The lowest BCUT2D eigenvalue weighted by Crippen LogP contribution is -2.28. The molecule has 0 atom stereocenters. The van der Waals surface area contributed by atoms with Crippen LogP contribution in [-0.2, 0) is 4.79 Å². The molecule has 106 valence electrons. The number of hydrogen-bond donors (Lipinski definition) is 0. The van der Waals surface area contributed by atoms with Gasteiger partial charge in [-0.1, -0.05) is 25.7 Å². The van der Waals surface area contributed by atoms with Crippen LogP contribution in [0.4, 0.5) is 5.69 Å². The minimum Gasteiger partial charge on any atom is -0.315 e. The molecule has 0 saturated heterocycles. The largest absolute Gasteiger partial charge is 0.315 e.